The molecule has 1 N–H and O–H groups in total. The van der Waals surface area contributed by atoms with Crippen LogP contribution in [0.1, 0.15) is 12.6 Å². The van der Waals surface area contributed by atoms with Gasteiger partial charge in [0.15, 0.2) is 5.13 Å². The summed E-state index contributed by atoms with van der Waals surface area (Å²) in [6.45, 7) is 1.83. The van der Waals surface area contributed by atoms with Crippen molar-refractivity contribution < 1.29 is 24.0 Å². The summed E-state index contributed by atoms with van der Waals surface area (Å²) in [6, 6.07) is 0. The molecule has 1 aromatic heterocycles. The molecule has 0 saturated carbocycles. The van der Waals surface area contributed by atoms with Gasteiger partial charge in [-0.2, -0.15) is 0 Å². The first kappa shape index (κ1) is 13.8. The summed E-state index contributed by atoms with van der Waals surface area (Å²) in [5.74, 6) is -0.776. The Balaban J connectivity index is 2.97. The number of oxime groups is 1. The molecule has 1 amide bonds. The number of hydrogen-bond donors (Lipinski definition) is 1. The molecule has 9 heteroatoms. The van der Waals surface area contributed by atoms with E-state index in [0.29, 0.717) is 6.41 Å². The van der Waals surface area contributed by atoms with Crippen LogP contribution >= 0.6 is 11.3 Å². The number of nitrogens with zero attached hydrogens (tertiary/aromatic N) is 2. The highest BCUT2D eigenvalue weighted by Gasteiger charge is 2.20. The van der Waals surface area contributed by atoms with Gasteiger partial charge >= 0.3 is 12.4 Å². The van der Waals surface area contributed by atoms with Gasteiger partial charge < -0.3 is 14.9 Å². The lowest BCUT2D eigenvalue weighted by atomic mass is 10.3. The highest BCUT2D eigenvalue weighted by molar-refractivity contribution is 7.14. The molecule has 0 aliphatic heterocycles. The quantitative estimate of drug-likeness (QED) is 0.249. The van der Waals surface area contributed by atoms with Gasteiger partial charge in [0.1, 0.15) is 5.69 Å². The average Bonchev–Trinajstić information content (AvgIpc) is 2.79. The molecule has 0 unspecified atom stereocenters. The molecule has 1 heterocycles. The fourth-order valence-corrected chi connectivity index (χ4v) is 1.62. The number of carbonyl (C=O) groups is 3. The largest absolute Gasteiger partial charge is 0.461 e. The minimum absolute atomic E-state index is 0.0657. The average molecular weight is 271 g/mol. The molecule has 0 spiro atoms. The number of anilines is 1. The Morgan fingerprint density at radius 2 is 2.39 bits per heavy atom. The standard InChI is InChI=1S/C9H9N3O5S/c1-2-16-8(15)7(12-17-5-14)6-3-18-9(11-6)10-4-13/h3-5H,2H2,1H3,(H,10,11,13)/b12-7-. The van der Waals surface area contributed by atoms with E-state index < -0.39 is 5.97 Å². The lowest BCUT2D eigenvalue weighted by Crippen LogP contribution is -2.19. The second kappa shape index (κ2) is 7.12. The van der Waals surface area contributed by atoms with Gasteiger partial charge in [-0.1, -0.05) is 5.16 Å². The van der Waals surface area contributed by atoms with Crippen LogP contribution in [0.5, 0.6) is 0 Å². The summed E-state index contributed by atoms with van der Waals surface area (Å²) in [5, 5.41) is 7.37. The van der Waals surface area contributed by atoms with Gasteiger partial charge in [-0.25, -0.2) is 9.78 Å². The summed E-state index contributed by atoms with van der Waals surface area (Å²) >= 11 is 1.09. The van der Waals surface area contributed by atoms with Crippen LogP contribution in [0, 0.1) is 0 Å². The van der Waals surface area contributed by atoms with Crippen LogP contribution in [0.2, 0.25) is 0 Å². The molecule has 0 aliphatic rings. The van der Waals surface area contributed by atoms with E-state index in [9.17, 15) is 14.4 Å². The molecular formula is C9H9N3O5S. The number of nitrogens with one attached hydrogen (secondary N) is 1. The summed E-state index contributed by atoms with van der Waals surface area (Å²) < 4.78 is 4.73. The van der Waals surface area contributed by atoms with Crippen molar-refractivity contribution in [3.05, 3.63) is 11.1 Å². The van der Waals surface area contributed by atoms with E-state index in [1.54, 1.807) is 6.92 Å². The smallest absolute Gasteiger partial charge is 0.362 e. The SMILES string of the molecule is CCOC(=O)/C(=N\OC=O)c1csc(NC=O)n1. The van der Waals surface area contributed by atoms with Gasteiger partial charge in [-0.3, -0.25) is 9.59 Å². The molecule has 0 aromatic carbocycles. The maximum atomic E-state index is 11.5. The molecule has 8 nitrogen and oxygen atoms in total. The maximum absolute atomic E-state index is 11.5. The molecule has 18 heavy (non-hydrogen) atoms. The predicted octanol–water partition coefficient (Wildman–Crippen LogP) is 0.152. The number of amides is 1. The van der Waals surface area contributed by atoms with Crippen LogP contribution in [0.15, 0.2) is 10.5 Å². The first-order chi connectivity index (χ1) is 8.72. The predicted molar refractivity (Wildman–Crippen MR) is 62.1 cm³/mol. The van der Waals surface area contributed by atoms with Crippen LogP contribution < -0.4 is 5.32 Å². The topological polar surface area (TPSA) is 107 Å². The molecule has 96 valence electrons. The lowest BCUT2D eigenvalue weighted by Gasteiger charge is -2.01. The third-order valence-electron chi connectivity index (χ3n) is 1.59. The number of carbonyl (C=O) groups excluding carboxylic acids is 3. The zero-order valence-electron chi connectivity index (χ0n) is 9.28. The van der Waals surface area contributed by atoms with Gasteiger partial charge in [0.2, 0.25) is 12.1 Å². The Morgan fingerprint density at radius 1 is 1.61 bits per heavy atom. The van der Waals surface area contributed by atoms with Gasteiger partial charge in [-0.05, 0) is 6.92 Å². The Hall–Kier alpha value is -2.29. The Kier molecular flexibility index (Phi) is 5.45. The summed E-state index contributed by atoms with van der Waals surface area (Å²) in [7, 11) is 0. The van der Waals surface area contributed by atoms with Crippen molar-refractivity contribution in [2.75, 3.05) is 11.9 Å². The van der Waals surface area contributed by atoms with Crippen LogP contribution in [0.4, 0.5) is 5.13 Å². The maximum Gasteiger partial charge on any atom is 0.362 e. The third-order valence-corrected chi connectivity index (χ3v) is 2.36. The number of thiazole rings is 1. The number of rotatable bonds is 7. The molecule has 1 aromatic rings. The molecule has 0 saturated heterocycles. The van der Waals surface area contributed by atoms with E-state index in [1.807, 2.05) is 0 Å². The summed E-state index contributed by atoms with van der Waals surface area (Å²) in [6.07, 6.45) is 0.450. The summed E-state index contributed by atoms with van der Waals surface area (Å²) in [4.78, 5) is 39.9. The molecule has 0 atom stereocenters. The highest BCUT2D eigenvalue weighted by Crippen LogP contribution is 2.15. The van der Waals surface area contributed by atoms with E-state index in [1.165, 1.54) is 5.38 Å². The Bertz CT molecular complexity index is 471. The molecule has 0 fully saturated rings. The third kappa shape index (κ3) is 3.63. The molecule has 0 aliphatic carbocycles. The van der Waals surface area contributed by atoms with Crippen LogP contribution in [0.3, 0.4) is 0 Å². The lowest BCUT2D eigenvalue weighted by molar-refractivity contribution is -0.135. The fourth-order valence-electron chi connectivity index (χ4n) is 0.961. The monoisotopic (exact) mass is 271 g/mol. The van der Waals surface area contributed by atoms with E-state index in [4.69, 9.17) is 4.74 Å². The van der Waals surface area contributed by atoms with Crippen molar-refractivity contribution in [2.45, 2.75) is 6.92 Å². The first-order valence-corrected chi connectivity index (χ1v) is 5.61. The molecule has 1 rings (SSSR count). The Morgan fingerprint density at radius 3 is 3.00 bits per heavy atom. The normalized spacial score (nSPS) is 10.6. The van der Waals surface area contributed by atoms with Crippen molar-refractivity contribution in [3.63, 3.8) is 0 Å². The van der Waals surface area contributed by atoms with Crippen LogP contribution in [0.25, 0.3) is 0 Å². The van der Waals surface area contributed by atoms with Crippen molar-refractivity contribution in [3.8, 4) is 0 Å². The molecule has 0 radical (unpaired) electrons. The van der Waals surface area contributed by atoms with Gasteiger partial charge in [0.05, 0.1) is 6.61 Å². The van der Waals surface area contributed by atoms with Crippen molar-refractivity contribution in [1.82, 2.24) is 4.98 Å². The first-order valence-electron chi connectivity index (χ1n) is 4.73. The van der Waals surface area contributed by atoms with E-state index in [2.05, 4.69) is 20.3 Å². The second-order valence-corrected chi connectivity index (χ2v) is 3.52. The van der Waals surface area contributed by atoms with Gasteiger partial charge in [0.25, 0.3) is 0 Å². The van der Waals surface area contributed by atoms with Crippen LogP contribution in [-0.4, -0.2) is 36.2 Å². The second-order valence-electron chi connectivity index (χ2n) is 2.66. The number of hydrogen-bond acceptors (Lipinski definition) is 8. The molecular weight excluding hydrogens is 262 g/mol. The minimum atomic E-state index is -0.776. The van der Waals surface area contributed by atoms with Crippen molar-refractivity contribution >= 4 is 41.0 Å². The van der Waals surface area contributed by atoms with Crippen molar-refractivity contribution in [2.24, 2.45) is 5.16 Å². The minimum Gasteiger partial charge on any atom is -0.461 e. The summed E-state index contributed by atoms with van der Waals surface area (Å²) in [5.41, 5.74) is -0.108. The van der Waals surface area contributed by atoms with E-state index >= 15 is 0 Å². The van der Waals surface area contributed by atoms with E-state index in [-0.39, 0.29) is 29.6 Å². The van der Waals surface area contributed by atoms with E-state index in [0.717, 1.165) is 11.3 Å². The van der Waals surface area contributed by atoms with Gasteiger partial charge in [-0.15, -0.1) is 11.3 Å². The number of esters is 1. The van der Waals surface area contributed by atoms with Gasteiger partial charge in [0, 0.05) is 5.38 Å². The number of ether oxygens (including phenoxy) is 1. The highest BCUT2D eigenvalue weighted by atomic mass is 32.1. The molecule has 0 bridgehead atoms. The van der Waals surface area contributed by atoms with Crippen molar-refractivity contribution in [1.29, 1.82) is 0 Å². The zero-order valence-corrected chi connectivity index (χ0v) is 10.1. The Labute approximate surface area is 106 Å². The fraction of sp³-hybridized carbons (Fsp3) is 0.222. The zero-order chi connectivity index (χ0) is 13.4. The van der Waals surface area contributed by atoms with Crippen LogP contribution in [-0.2, 0) is 24.0 Å². The number of aromatic nitrogens is 1.